The smallest absolute Gasteiger partial charge is 0.243 e. The first-order valence-electron chi connectivity index (χ1n) is 7.40. The number of carbonyl (C=O) groups is 1. The van der Waals surface area contributed by atoms with Crippen LogP contribution < -0.4 is 5.32 Å². The molecule has 2 rings (SSSR count). The molecule has 0 spiro atoms. The Kier molecular flexibility index (Phi) is 6.11. The molecule has 0 aliphatic rings. The number of hydrogen-bond donors (Lipinski definition) is 1. The molecule has 2 aromatic carbocycles. The van der Waals surface area contributed by atoms with Crippen LogP contribution in [0.3, 0.4) is 0 Å². The number of nitrogens with zero attached hydrogens (tertiary/aromatic N) is 1. The van der Waals surface area contributed by atoms with Crippen LogP contribution in [0, 0.1) is 13.8 Å². The minimum absolute atomic E-state index is 0.145. The topological polar surface area (TPSA) is 66.5 Å². The summed E-state index contributed by atoms with van der Waals surface area (Å²) >= 11 is 11.9. The van der Waals surface area contributed by atoms with E-state index in [9.17, 15) is 13.2 Å². The number of rotatable bonds is 5. The summed E-state index contributed by atoms with van der Waals surface area (Å²) < 4.78 is 26.2. The summed E-state index contributed by atoms with van der Waals surface area (Å²) in [5.41, 5.74) is 2.19. The zero-order valence-corrected chi connectivity index (χ0v) is 16.3. The van der Waals surface area contributed by atoms with Crippen molar-refractivity contribution in [2.24, 2.45) is 0 Å². The van der Waals surface area contributed by atoms with Gasteiger partial charge in [0.1, 0.15) is 0 Å². The standard InChI is InChI=1S/C17H18Cl2N2O3S/c1-11-7-8-13(9-12(11)2)25(23,24)21(3)10-16(22)20-15-6-4-5-14(18)17(15)19/h4-9H,10H2,1-3H3,(H,20,22). The van der Waals surface area contributed by atoms with Crippen molar-refractivity contribution in [2.45, 2.75) is 18.7 Å². The molecule has 0 aromatic heterocycles. The molecule has 0 atom stereocenters. The number of hydrogen-bond acceptors (Lipinski definition) is 3. The molecule has 0 saturated carbocycles. The summed E-state index contributed by atoms with van der Waals surface area (Å²) in [4.78, 5) is 12.3. The maximum atomic E-state index is 12.6. The highest BCUT2D eigenvalue weighted by Crippen LogP contribution is 2.29. The van der Waals surface area contributed by atoms with Crippen LogP contribution in [0.1, 0.15) is 11.1 Å². The van der Waals surface area contributed by atoms with Crippen molar-refractivity contribution >= 4 is 44.8 Å². The molecule has 0 bridgehead atoms. The number of halogens is 2. The predicted octanol–water partition coefficient (Wildman–Crippen LogP) is 3.87. The van der Waals surface area contributed by atoms with Gasteiger partial charge in [0.05, 0.1) is 27.2 Å². The van der Waals surface area contributed by atoms with Crippen LogP contribution in [0.4, 0.5) is 5.69 Å². The second kappa shape index (κ2) is 7.74. The van der Waals surface area contributed by atoms with E-state index in [4.69, 9.17) is 23.2 Å². The zero-order chi connectivity index (χ0) is 18.8. The van der Waals surface area contributed by atoms with Crippen LogP contribution >= 0.6 is 23.2 Å². The van der Waals surface area contributed by atoms with Gasteiger partial charge in [-0.25, -0.2) is 8.42 Å². The first-order chi connectivity index (χ1) is 11.6. The summed E-state index contributed by atoms with van der Waals surface area (Å²) in [6.45, 7) is 3.39. The molecule has 2 aromatic rings. The highest BCUT2D eigenvalue weighted by atomic mass is 35.5. The molecule has 134 valence electrons. The first kappa shape index (κ1) is 19.7. The van der Waals surface area contributed by atoms with Crippen LogP contribution in [0.2, 0.25) is 10.0 Å². The molecule has 5 nitrogen and oxygen atoms in total. The molecule has 0 saturated heterocycles. The maximum Gasteiger partial charge on any atom is 0.243 e. The Morgan fingerprint density at radius 2 is 1.80 bits per heavy atom. The molecule has 0 unspecified atom stereocenters. The fourth-order valence-electron chi connectivity index (χ4n) is 2.13. The van der Waals surface area contributed by atoms with Crippen molar-refractivity contribution in [3.05, 3.63) is 57.6 Å². The van der Waals surface area contributed by atoms with Crippen LogP contribution in [0.15, 0.2) is 41.3 Å². The number of carbonyl (C=O) groups excluding carboxylic acids is 1. The number of benzene rings is 2. The van der Waals surface area contributed by atoms with Crippen LogP contribution in [-0.4, -0.2) is 32.2 Å². The minimum Gasteiger partial charge on any atom is -0.324 e. The van der Waals surface area contributed by atoms with Crippen molar-refractivity contribution in [2.75, 3.05) is 18.9 Å². The second-order valence-electron chi connectivity index (χ2n) is 5.66. The Bertz CT molecular complexity index is 914. The van der Waals surface area contributed by atoms with Crippen LogP contribution in [0.25, 0.3) is 0 Å². The Balaban J connectivity index is 2.14. The Morgan fingerprint density at radius 1 is 1.12 bits per heavy atom. The summed E-state index contributed by atoms with van der Waals surface area (Å²) in [6, 6.07) is 9.67. The average molecular weight is 401 g/mol. The van der Waals surface area contributed by atoms with Crippen molar-refractivity contribution in [1.29, 1.82) is 0 Å². The van der Waals surface area contributed by atoms with Crippen molar-refractivity contribution in [1.82, 2.24) is 4.31 Å². The highest BCUT2D eigenvalue weighted by Gasteiger charge is 2.23. The van der Waals surface area contributed by atoms with E-state index < -0.39 is 15.9 Å². The van der Waals surface area contributed by atoms with Gasteiger partial charge in [0, 0.05) is 7.05 Å². The van der Waals surface area contributed by atoms with E-state index in [1.54, 1.807) is 30.3 Å². The SMILES string of the molecule is Cc1ccc(S(=O)(=O)N(C)CC(=O)Nc2cccc(Cl)c2Cl)cc1C. The molecule has 0 aliphatic heterocycles. The van der Waals surface area contributed by atoms with E-state index in [0.717, 1.165) is 15.4 Å². The van der Waals surface area contributed by atoms with Crippen molar-refractivity contribution in [3.63, 3.8) is 0 Å². The lowest BCUT2D eigenvalue weighted by atomic mass is 10.1. The summed E-state index contributed by atoms with van der Waals surface area (Å²) in [7, 11) is -2.42. The third-order valence-corrected chi connectivity index (χ3v) is 6.40. The van der Waals surface area contributed by atoms with Gasteiger partial charge in [-0.05, 0) is 49.2 Å². The number of amides is 1. The van der Waals surface area contributed by atoms with E-state index in [1.807, 2.05) is 13.8 Å². The average Bonchev–Trinajstić information content (AvgIpc) is 2.54. The lowest BCUT2D eigenvalue weighted by molar-refractivity contribution is -0.116. The molecule has 0 heterocycles. The molecule has 1 N–H and O–H groups in total. The Labute approximate surface area is 157 Å². The maximum absolute atomic E-state index is 12.6. The zero-order valence-electron chi connectivity index (χ0n) is 14.0. The summed E-state index contributed by atoms with van der Waals surface area (Å²) in [6.07, 6.45) is 0. The fourth-order valence-corrected chi connectivity index (χ4v) is 3.69. The van der Waals surface area contributed by atoms with Crippen molar-refractivity contribution in [3.8, 4) is 0 Å². The fraction of sp³-hybridized carbons (Fsp3) is 0.235. The van der Waals surface area contributed by atoms with Gasteiger partial charge in [-0.3, -0.25) is 4.79 Å². The first-order valence-corrected chi connectivity index (χ1v) is 9.60. The number of sulfonamides is 1. The van der Waals surface area contributed by atoms with E-state index in [-0.39, 0.29) is 16.5 Å². The van der Waals surface area contributed by atoms with E-state index in [2.05, 4.69) is 5.32 Å². The molecular formula is C17H18Cl2N2O3S. The second-order valence-corrected chi connectivity index (χ2v) is 8.49. The van der Waals surface area contributed by atoms with Gasteiger partial charge in [-0.1, -0.05) is 35.3 Å². The highest BCUT2D eigenvalue weighted by molar-refractivity contribution is 7.89. The number of likely N-dealkylation sites (N-methyl/N-ethyl adjacent to an activating group) is 1. The van der Waals surface area contributed by atoms with Gasteiger partial charge in [0.15, 0.2) is 0 Å². The summed E-state index contributed by atoms with van der Waals surface area (Å²) in [5.74, 6) is -0.515. The number of nitrogens with one attached hydrogen (secondary N) is 1. The number of aryl methyl sites for hydroxylation is 2. The predicted molar refractivity (Wildman–Crippen MR) is 101 cm³/mol. The third kappa shape index (κ3) is 4.52. The van der Waals surface area contributed by atoms with Crippen molar-refractivity contribution < 1.29 is 13.2 Å². The monoisotopic (exact) mass is 400 g/mol. The van der Waals surface area contributed by atoms with Gasteiger partial charge >= 0.3 is 0 Å². The Morgan fingerprint density at radius 3 is 2.44 bits per heavy atom. The lowest BCUT2D eigenvalue weighted by Gasteiger charge is -2.18. The molecule has 8 heteroatoms. The van der Waals surface area contributed by atoms with Crippen LogP contribution in [0.5, 0.6) is 0 Å². The molecule has 0 fully saturated rings. The van der Waals surface area contributed by atoms with E-state index in [0.29, 0.717) is 10.7 Å². The molecular weight excluding hydrogens is 383 g/mol. The molecule has 0 radical (unpaired) electrons. The third-order valence-electron chi connectivity index (χ3n) is 3.78. The lowest BCUT2D eigenvalue weighted by Crippen LogP contribution is -2.35. The minimum atomic E-state index is -3.77. The van der Waals surface area contributed by atoms with Gasteiger partial charge in [-0.2, -0.15) is 4.31 Å². The van der Waals surface area contributed by atoms with Gasteiger partial charge in [0.25, 0.3) is 0 Å². The largest absolute Gasteiger partial charge is 0.324 e. The Hall–Kier alpha value is -1.60. The number of anilines is 1. The van der Waals surface area contributed by atoms with Gasteiger partial charge in [0.2, 0.25) is 15.9 Å². The van der Waals surface area contributed by atoms with Gasteiger partial charge < -0.3 is 5.32 Å². The normalized spacial score (nSPS) is 11.6. The molecule has 0 aliphatic carbocycles. The summed E-state index contributed by atoms with van der Waals surface area (Å²) in [5, 5.41) is 3.07. The quantitative estimate of drug-likeness (QED) is 0.827. The van der Waals surface area contributed by atoms with E-state index >= 15 is 0 Å². The molecule has 25 heavy (non-hydrogen) atoms. The van der Waals surface area contributed by atoms with E-state index in [1.165, 1.54) is 13.1 Å². The van der Waals surface area contributed by atoms with Crippen LogP contribution in [-0.2, 0) is 14.8 Å². The van der Waals surface area contributed by atoms with Gasteiger partial charge in [-0.15, -0.1) is 0 Å². The molecule has 1 amide bonds.